The number of aliphatic imine (C=N–C) groups is 1. The van der Waals surface area contributed by atoms with Gasteiger partial charge in [-0.25, -0.2) is 4.98 Å². The molecule has 0 aromatic carbocycles. The van der Waals surface area contributed by atoms with Crippen LogP contribution in [0.25, 0.3) is 0 Å². The number of likely N-dealkylation sites (tertiary alicyclic amines) is 2. The Bertz CT molecular complexity index is 554. The Hall–Kier alpha value is -1.14. The van der Waals surface area contributed by atoms with Crippen molar-refractivity contribution in [3.63, 3.8) is 0 Å². The molecule has 140 valence electrons. The summed E-state index contributed by atoms with van der Waals surface area (Å²) in [6, 6.07) is 0. The molecule has 1 N–H and O–H groups in total. The van der Waals surface area contributed by atoms with Crippen molar-refractivity contribution in [1.82, 2.24) is 20.1 Å². The lowest BCUT2D eigenvalue weighted by molar-refractivity contribution is 0.175. The Morgan fingerprint density at radius 3 is 2.56 bits per heavy atom. The van der Waals surface area contributed by atoms with E-state index in [-0.39, 0.29) is 0 Å². The van der Waals surface area contributed by atoms with Gasteiger partial charge in [0.2, 0.25) is 0 Å². The summed E-state index contributed by atoms with van der Waals surface area (Å²) in [4.78, 5) is 14.1. The second-order valence-electron chi connectivity index (χ2n) is 7.68. The number of aromatic nitrogens is 1. The van der Waals surface area contributed by atoms with Gasteiger partial charge in [0.05, 0.1) is 10.7 Å². The van der Waals surface area contributed by atoms with E-state index in [1.807, 2.05) is 7.05 Å². The minimum Gasteiger partial charge on any atom is -0.356 e. The Balaban J connectivity index is 1.38. The Morgan fingerprint density at radius 2 is 1.96 bits per heavy atom. The van der Waals surface area contributed by atoms with E-state index in [9.17, 15) is 0 Å². The number of aryl methyl sites for hydroxylation is 1. The number of piperidine rings is 2. The summed E-state index contributed by atoms with van der Waals surface area (Å²) in [5.74, 6) is 2.72. The van der Waals surface area contributed by atoms with Crippen LogP contribution in [0.4, 0.5) is 0 Å². The van der Waals surface area contributed by atoms with Crippen molar-refractivity contribution in [2.24, 2.45) is 16.8 Å². The van der Waals surface area contributed by atoms with Gasteiger partial charge in [-0.2, -0.15) is 0 Å². The third-order valence-electron chi connectivity index (χ3n) is 5.60. The standard InChI is InChI=1S/C19H33N5S/c1-15-4-10-24(11-5-15)19(20-3)21-12-17-6-8-23(9-7-17)13-18-14-25-16(2)22-18/h14-15,17H,4-13H2,1-3H3,(H,20,21). The van der Waals surface area contributed by atoms with Gasteiger partial charge in [0.15, 0.2) is 5.96 Å². The monoisotopic (exact) mass is 363 g/mol. The van der Waals surface area contributed by atoms with Crippen LogP contribution in [0.2, 0.25) is 0 Å². The summed E-state index contributed by atoms with van der Waals surface area (Å²) >= 11 is 1.76. The van der Waals surface area contributed by atoms with Crippen LogP contribution in [0.1, 0.15) is 43.3 Å². The Morgan fingerprint density at radius 1 is 1.24 bits per heavy atom. The zero-order valence-corrected chi connectivity index (χ0v) is 16.8. The van der Waals surface area contributed by atoms with E-state index in [4.69, 9.17) is 0 Å². The predicted octanol–water partition coefficient (Wildman–Crippen LogP) is 2.97. The van der Waals surface area contributed by atoms with Gasteiger partial charge in [-0.05, 0) is 57.5 Å². The molecular weight excluding hydrogens is 330 g/mol. The van der Waals surface area contributed by atoms with Crippen LogP contribution in [0.5, 0.6) is 0 Å². The van der Waals surface area contributed by atoms with Crippen molar-refractivity contribution < 1.29 is 0 Å². The number of hydrogen-bond donors (Lipinski definition) is 1. The molecule has 6 heteroatoms. The van der Waals surface area contributed by atoms with Crippen molar-refractivity contribution in [2.45, 2.75) is 46.1 Å². The second-order valence-corrected chi connectivity index (χ2v) is 8.74. The molecule has 5 nitrogen and oxygen atoms in total. The highest BCUT2D eigenvalue weighted by atomic mass is 32.1. The fraction of sp³-hybridized carbons (Fsp3) is 0.789. The lowest BCUT2D eigenvalue weighted by atomic mass is 9.96. The zero-order chi connectivity index (χ0) is 17.6. The van der Waals surface area contributed by atoms with Gasteiger partial charge < -0.3 is 10.2 Å². The SMILES string of the molecule is CN=C(NCC1CCN(Cc2csc(C)n2)CC1)N1CCC(C)CC1. The quantitative estimate of drug-likeness (QED) is 0.660. The largest absolute Gasteiger partial charge is 0.356 e. The smallest absolute Gasteiger partial charge is 0.193 e. The van der Waals surface area contributed by atoms with Crippen molar-refractivity contribution in [2.75, 3.05) is 39.8 Å². The molecule has 0 atom stereocenters. The topological polar surface area (TPSA) is 43.8 Å². The Kier molecular flexibility index (Phi) is 6.70. The maximum Gasteiger partial charge on any atom is 0.193 e. The fourth-order valence-corrected chi connectivity index (χ4v) is 4.45. The maximum atomic E-state index is 4.59. The molecule has 0 saturated carbocycles. The molecule has 2 fully saturated rings. The van der Waals surface area contributed by atoms with Crippen LogP contribution in [-0.4, -0.2) is 60.5 Å². The first-order valence-corrected chi connectivity index (χ1v) is 10.6. The molecule has 0 spiro atoms. The highest BCUT2D eigenvalue weighted by Gasteiger charge is 2.22. The van der Waals surface area contributed by atoms with Gasteiger partial charge in [-0.1, -0.05) is 6.92 Å². The van der Waals surface area contributed by atoms with Gasteiger partial charge in [0.25, 0.3) is 0 Å². The molecular formula is C19H33N5S. The summed E-state index contributed by atoms with van der Waals surface area (Å²) in [6.07, 6.45) is 5.11. The van der Waals surface area contributed by atoms with E-state index in [2.05, 4.69) is 44.3 Å². The van der Waals surface area contributed by atoms with Gasteiger partial charge in [-0.15, -0.1) is 11.3 Å². The third-order valence-corrected chi connectivity index (χ3v) is 6.43. The van der Waals surface area contributed by atoms with Gasteiger partial charge in [0.1, 0.15) is 0 Å². The van der Waals surface area contributed by atoms with E-state index in [0.717, 1.165) is 44.0 Å². The first-order valence-electron chi connectivity index (χ1n) is 9.73. The maximum absolute atomic E-state index is 4.59. The molecule has 2 aliphatic heterocycles. The predicted molar refractivity (Wildman–Crippen MR) is 106 cm³/mol. The average molecular weight is 364 g/mol. The molecule has 0 bridgehead atoms. The number of guanidine groups is 1. The van der Waals surface area contributed by atoms with Gasteiger partial charge >= 0.3 is 0 Å². The first-order chi connectivity index (χ1) is 12.1. The lowest BCUT2D eigenvalue weighted by Crippen LogP contribution is -2.47. The average Bonchev–Trinajstić information content (AvgIpc) is 3.03. The van der Waals surface area contributed by atoms with Crippen LogP contribution < -0.4 is 5.32 Å². The van der Waals surface area contributed by atoms with Crippen molar-refractivity contribution >= 4 is 17.3 Å². The lowest BCUT2D eigenvalue weighted by Gasteiger charge is -2.35. The van der Waals surface area contributed by atoms with Crippen LogP contribution in [-0.2, 0) is 6.54 Å². The van der Waals surface area contributed by atoms with E-state index in [1.165, 1.54) is 49.5 Å². The molecule has 0 radical (unpaired) electrons. The summed E-state index contributed by atoms with van der Waals surface area (Å²) < 4.78 is 0. The van der Waals surface area contributed by atoms with Gasteiger partial charge in [0, 0.05) is 38.6 Å². The highest BCUT2D eigenvalue weighted by molar-refractivity contribution is 7.09. The normalized spacial score (nSPS) is 21.7. The second kappa shape index (κ2) is 8.99. The molecule has 0 aliphatic carbocycles. The van der Waals surface area contributed by atoms with E-state index in [1.54, 1.807) is 11.3 Å². The van der Waals surface area contributed by atoms with E-state index in [0.29, 0.717) is 0 Å². The molecule has 0 amide bonds. The molecule has 25 heavy (non-hydrogen) atoms. The highest BCUT2D eigenvalue weighted by Crippen LogP contribution is 2.20. The number of nitrogens with zero attached hydrogens (tertiary/aromatic N) is 4. The molecule has 1 aromatic rings. The van der Waals surface area contributed by atoms with Crippen molar-refractivity contribution in [1.29, 1.82) is 0 Å². The summed E-state index contributed by atoms with van der Waals surface area (Å²) in [7, 11) is 1.92. The minimum atomic E-state index is 0.758. The third kappa shape index (κ3) is 5.42. The summed E-state index contributed by atoms with van der Waals surface area (Å²) in [6.45, 7) is 11.2. The Labute approximate surface area is 156 Å². The number of nitrogens with one attached hydrogen (secondary N) is 1. The van der Waals surface area contributed by atoms with Gasteiger partial charge in [-0.3, -0.25) is 9.89 Å². The molecule has 3 heterocycles. The van der Waals surface area contributed by atoms with E-state index >= 15 is 0 Å². The van der Waals surface area contributed by atoms with Crippen LogP contribution in [0, 0.1) is 18.8 Å². The van der Waals surface area contributed by atoms with Crippen molar-refractivity contribution in [3.05, 3.63) is 16.1 Å². The molecule has 2 aliphatic rings. The molecule has 0 unspecified atom stereocenters. The molecule has 3 rings (SSSR count). The van der Waals surface area contributed by atoms with Crippen molar-refractivity contribution in [3.8, 4) is 0 Å². The number of hydrogen-bond acceptors (Lipinski definition) is 4. The van der Waals surface area contributed by atoms with Crippen LogP contribution in [0.3, 0.4) is 0 Å². The van der Waals surface area contributed by atoms with E-state index < -0.39 is 0 Å². The zero-order valence-electron chi connectivity index (χ0n) is 16.0. The summed E-state index contributed by atoms with van der Waals surface area (Å²) in [5, 5.41) is 7.01. The van der Waals surface area contributed by atoms with Crippen LogP contribution in [0.15, 0.2) is 10.4 Å². The fourth-order valence-electron chi connectivity index (χ4n) is 3.85. The number of thiazole rings is 1. The molecule has 1 aromatic heterocycles. The minimum absolute atomic E-state index is 0.758. The molecule has 2 saturated heterocycles. The summed E-state index contributed by atoms with van der Waals surface area (Å²) in [5.41, 5.74) is 1.24. The first kappa shape index (κ1) is 18.6. The number of rotatable bonds is 4. The van der Waals surface area contributed by atoms with Crippen LogP contribution >= 0.6 is 11.3 Å².